The molecule has 0 N–H and O–H groups in total. The van der Waals surface area contributed by atoms with Gasteiger partial charge < -0.3 is 28.7 Å². The Kier molecular flexibility index (Phi) is 8.39. The fourth-order valence-electron chi connectivity index (χ4n) is 5.05. The molecule has 0 aromatic heterocycles. The number of rotatable bonds is 10. The minimum atomic E-state index is -0.427. The normalized spacial score (nSPS) is 13.9. The first-order valence-electron chi connectivity index (χ1n) is 13.5. The molecule has 0 aliphatic carbocycles. The summed E-state index contributed by atoms with van der Waals surface area (Å²) in [5.74, 6) is 2.40. The Balaban J connectivity index is 1.33. The van der Waals surface area contributed by atoms with Crippen molar-refractivity contribution in [1.29, 1.82) is 0 Å². The molecule has 2 heterocycles. The number of nitro benzene ring substituents is 1. The van der Waals surface area contributed by atoms with E-state index < -0.39 is 4.92 Å². The van der Waals surface area contributed by atoms with Gasteiger partial charge in [-0.3, -0.25) is 14.9 Å². The van der Waals surface area contributed by atoms with Crippen molar-refractivity contribution in [3.63, 3.8) is 0 Å². The molecule has 0 spiro atoms. The van der Waals surface area contributed by atoms with Crippen molar-refractivity contribution in [2.45, 2.75) is 19.4 Å². The molecule has 5 rings (SSSR count). The Labute approximate surface area is 238 Å². The van der Waals surface area contributed by atoms with Crippen LogP contribution < -0.4 is 18.9 Å². The van der Waals surface area contributed by atoms with Gasteiger partial charge in [-0.05, 0) is 85.6 Å². The lowest BCUT2D eigenvalue weighted by atomic mass is 9.89. The number of ether oxygens (including phenoxy) is 4. The third-order valence-electron chi connectivity index (χ3n) is 7.16. The van der Waals surface area contributed by atoms with Crippen molar-refractivity contribution >= 4 is 17.7 Å². The van der Waals surface area contributed by atoms with Crippen molar-refractivity contribution in [2.24, 2.45) is 0 Å². The van der Waals surface area contributed by atoms with Crippen LogP contribution in [0.25, 0.3) is 17.2 Å². The highest BCUT2D eigenvalue weighted by molar-refractivity contribution is 5.92. The van der Waals surface area contributed by atoms with Gasteiger partial charge in [-0.15, -0.1) is 0 Å². The molecule has 0 atom stereocenters. The van der Waals surface area contributed by atoms with Crippen LogP contribution in [0.2, 0.25) is 0 Å². The van der Waals surface area contributed by atoms with E-state index in [-0.39, 0.29) is 18.4 Å². The Bertz CT molecular complexity index is 1470. The van der Waals surface area contributed by atoms with E-state index in [1.165, 1.54) is 12.1 Å². The van der Waals surface area contributed by atoms with Crippen LogP contribution in [0, 0.1) is 10.1 Å². The molecule has 2 aliphatic rings. The van der Waals surface area contributed by atoms with Crippen LogP contribution in [-0.2, 0) is 17.8 Å². The molecule has 0 saturated heterocycles. The zero-order chi connectivity index (χ0) is 28.9. The number of non-ortho nitro benzene ring substituents is 1. The van der Waals surface area contributed by atoms with E-state index in [0.717, 1.165) is 40.8 Å². The third kappa shape index (κ3) is 6.28. The smallest absolute Gasteiger partial charge is 0.269 e. The molecule has 1 amide bonds. The van der Waals surface area contributed by atoms with Gasteiger partial charge in [0.2, 0.25) is 12.7 Å². The minimum Gasteiger partial charge on any atom is -0.493 e. The number of hydrogen-bond acceptors (Lipinski definition) is 8. The van der Waals surface area contributed by atoms with E-state index in [1.807, 2.05) is 38.4 Å². The van der Waals surface area contributed by atoms with Gasteiger partial charge in [0.05, 0.1) is 18.6 Å². The molecule has 41 heavy (non-hydrogen) atoms. The van der Waals surface area contributed by atoms with Gasteiger partial charge in [-0.2, -0.15) is 0 Å². The molecule has 3 aromatic rings. The predicted molar refractivity (Wildman–Crippen MR) is 154 cm³/mol. The second-order valence-electron chi connectivity index (χ2n) is 10.2. The largest absolute Gasteiger partial charge is 0.493 e. The number of fused-ring (bicyclic) bond motifs is 2. The summed E-state index contributed by atoms with van der Waals surface area (Å²) in [7, 11) is 5.65. The monoisotopic (exact) mass is 559 g/mol. The van der Waals surface area contributed by atoms with Crippen molar-refractivity contribution in [3.8, 4) is 34.1 Å². The molecular formula is C31H33N3O7. The lowest BCUT2D eigenvalue weighted by Crippen LogP contribution is -2.35. The number of nitrogens with zero attached hydrogens (tertiary/aromatic N) is 3. The lowest BCUT2D eigenvalue weighted by Gasteiger charge is -2.30. The maximum absolute atomic E-state index is 13.3. The minimum absolute atomic E-state index is 0.00913. The molecule has 2 aliphatic heterocycles. The second-order valence-corrected chi connectivity index (χ2v) is 10.2. The second kappa shape index (κ2) is 12.3. The summed E-state index contributed by atoms with van der Waals surface area (Å²) in [6.07, 6.45) is 4.89. The van der Waals surface area contributed by atoms with Crippen molar-refractivity contribution < 1.29 is 28.7 Å². The summed E-state index contributed by atoms with van der Waals surface area (Å²) < 4.78 is 22.9. The van der Waals surface area contributed by atoms with Gasteiger partial charge in [0.25, 0.3) is 5.69 Å². The number of methoxy groups -OCH3 is 1. The molecule has 0 saturated carbocycles. The third-order valence-corrected chi connectivity index (χ3v) is 7.16. The lowest BCUT2D eigenvalue weighted by molar-refractivity contribution is -0.384. The molecule has 0 radical (unpaired) electrons. The van der Waals surface area contributed by atoms with E-state index in [9.17, 15) is 14.9 Å². The molecule has 0 bridgehead atoms. The summed E-state index contributed by atoms with van der Waals surface area (Å²) in [5.41, 5.74) is 4.43. The van der Waals surface area contributed by atoms with Gasteiger partial charge in [0.1, 0.15) is 0 Å². The van der Waals surface area contributed by atoms with E-state index in [1.54, 1.807) is 36.3 Å². The molecule has 10 heteroatoms. The number of nitro groups is 1. The molecule has 0 fully saturated rings. The highest BCUT2D eigenvalue weighted by atomic mass is 16.7. The standard InChI is InChI=1S/C31H33N3O7/c1-32(2)14-4-16-39-26-11-5-21(17-27(26)38-3)6-12-29(35)33-15-13-23-18-28-31(41-20-40-28)30(25(23)19-33)22-7-9-24(10-8-22)34(36)37/h5-12,17-18H,4,13-16,19-20H2,1-3H3/b12-6+. The van der Waals surface area contributed by atoms with E-state index >= 15 is 0 Å². The van der Waals surface area contributed by atoms with Crippen LogP contribution in [0.15, 0.2) is 54.6 Å². The fraction of sp³-hybridized carbons (Fsp3) is 0.323. The van der Waals surface area contributed by atoms with Crippen molar-refractivity contribution in [3.05, 3.63) is 81.4 Å². The van der Waals surface area contributed by atoms with Crippen LogP contribution in [0.3, 0.4) is 0 Å². The number of carbonyl (C=O) groups excluding carboxylic acids is 1. The topological polar surface area (TPSA) is 104 Å². The maximum atomic E-state index is 13.3. The van der Waals surface area contributed by atoms with Gasteiger partial charge in [0, 0.05) is 43.4 Å². The zero-order valence-electron chi connectivity index (χ0n) is 23.4. The summed E-state index contributed by atoms with van der Waals surface area (Å²) in [5, 5.41) is 11.2. The summed E-state index contributed by atoms with van der Waals surface area (Å²) in [6.45, 7) is 2.56. The Hall–Kier alpha value is -4.57. The van der Waals surface area contributed by atoms with E-state index in [2.05, 4.69) is 4.90 Å². The quantitative estimate of drug-likeness (QED) is 0.149. The van der Waals surface area contributed by atoms with Crippen molar-refractivity contribution in [1.82, 2.24) is 9.80 Å². The van der Waals surface area contributed by atoms with E-state index in [0.29, 0.717) is 49.1 Å². The van der Waals surface area contributed by atoms with Crippen molar-refractivity contribution in [2.75, 3.05) is 47.7 Å². The summed E-state index contributed by atoms with van der Waals surface area (Å²) in [6, 6.07) is 13.9. The van der Waals surface area contributed by atoms with Crippen LogP contribution in [0.1, 0.15) is 23.1 Å². The Morgan fingerprint density at radius 2 is 1.93 bits per heavy atom. The van der Waals surface area contributed by atoms with Crippen LogP contribution in [0.5, 0.6) is 23.0 Å². The Morgan fingerprint density at radius 3 is 2.66 bits per heavy atom. The highest BCUT2D eigenvalue weighted by Gasteiger charge is 2.30. The fourth-order valence-corrected chi connectivity index (χ4v) is 5.05. The average molecular weight is 560 g/mol. The van der Waals surface area contributed by atoms with Gasteiger partial charge in [-0.1, -0.05) is 6.07 Å². The number of amides is 1. The highest BCUT2D eigenvalue weighted by Crippen LogP contribution is 2.47. The zero-order valence-corrected chi connectivity index (χ0v) is 23.4. The summed E-state index contributed by atoms with van der Waals surface area (Å²) >= 11 is 0. The summed E-state index contributed by atoms with van der Waals surface area (Å²) in [4.78, 5) is 27.9. The van der Waals surface area contributed by atoms with Gasteiger partial charge in [0.15, 0.2) is 23.0 Å². The van der Waals surface area contributed by atoms with Gasteiger partial charge in [-0.25, -0.2) is 0 Å². The maximum Gasteiger partial charge on any atom is 0.269 e. The van der Waals surface area contributed by atoms with Crippen LogP contribution in [0.4, 0.5) is 5.69 Å². The first-order chi connectivity index (χ1) is 19.8. The predicted octanol–water partition coefficient (Wildman–Crippen LogP) is 4.93. The van der Waals surface area contributed by atoms with Crippen LogP contribution in [-0.4, -0.2) is 68.3 Å². The molecule has 10 nitrogen and oxygen atoms in total. The molecule has 0 unspecified atom stereocenters. The van der Waals surface area contributed by atoms with E-state index in [4.69, 9.17) is 18.9 Å². The number of benzene rings is 3. The van der Waals surface area contributed by atoms with Crippen LogP contribution >= 0.6 is 0 Å². The number of hydrogen-bond donors (Lipinski definition) is 0. The SMILES string of the molecule is COc1cc(/C=C/C(=O)N2CCc3cc4c(c(-c5ccc([N+](=O)[O-])cc5)c3C2)OCO4)ccc1OCCCN(C)C. The first-order valence-corrected chi connectivity index (χ1v) is 13.5. The molecular weight excluding hydrogens is 526 g/mol. The molecule has 214 valence electrons. The number of carbonyl (C=O) groups is 1. The molecule has 3 aromatic carbocycles. The Morgan fingerprint density at radius 1 is 1.12 bits per heavy atom. The first kappa shape index (κ1) is 28.0. The average Bonchev–Trinajstić information content (AvgIpc) is 3.45. The van der Waals surface area contributed by atoms with Gasteiger partial charge >= 0.3 is 0 Å².